The van der Waals surface area contributed by atoms with Gasteiger partial charge in [0.15, 0.2) is 0 Å². The van der Waals surface area contributed by atoms with Crippen LogP contribution in [-0.2, 0) is 4.65 Å². The van der Waals surface area contributed by atoms with Crippen LogP contribution in [0, 0.1) is 0 Å². The van der Waals surface area contributed by atoms with Crippen LogP contribution in [0.25, 0.3) is 0 Å². The second-order valence-corrected chi connectivity index (χ2v) is 6.37. The van der Waals surface area contributed by atoms with Crippen LogP contribution in [0.2, 0.25) is 0 Å². The van der Waals surface area contributed by atoms with Crippen molar-refractivity contribution in [2.24, 2.45) is 0 Å². The molecule has 2 aromatic rings. The minimum Gasteiger partial charge on any atom is -0.448 e. The summed E-state index contributed by atoms with van der Waals surface area (Å²) >= 11 is 0. The SMILES string of the molecule is CN(c1ncc(B(O)OC(C)(C)C(C)(C)O)cn1)c1ccco1. The zero-order chi connectivity index (χ0) is 17.3. The summed E-state index contributed by atoms with van der Waals surface area (Å²) in [5.74, 6) is 1.04. The second-order valence-electron chi connectivity index (χ2n) is 6.37. The molecule has 0 aromatic carbocycles. The topological polar surface area (TPSA) is 91.9 Å². The van der Waals surface area contributed by atoms with Crippen LogP contribution in [0.15, 0.2) is 35.2 Å². The predicted octanol–water partition coefficient (Wildman–Crippen LogP) is 1.09. The monoisotopic (exact) mass is 319 g/mol. The van der Waals surface area contributed by atoms with Crippen LogP contribution in [0.3, 0.4) is 0 Å². The molecule has 0 spiro atoms. The smallest absolute Gasteiger partial charge is 0.448 e. The third-order valence-corrected chi connectivity index (χ3v) is 3.96. The van der Waals surface area contributed by atoms with Gasteiger partial charge in [0, 0.05) is 31.0 Å². The molecule has 7 nitrogen and oxygen atoms in total. The molecule has 0 aliphatic heterocycles. The Labute approximate surface area is 136 Å². The lowest BCUT2D eigenvalue weighted by Crippen LogP contribution is -2.53. The summed E-state index contributed by atoms with van der Waals surface area (Å²) in [5.41, 5.74) is -1.66. The van der Waals surface area contributed by atoms with Gasteiger partial charge in [0.2, 0.25) is 11.8 Å². The van der Waals surface area contributed by atoms with Gasteiger partial charge in [-0.2, -0.15) is 0 Å². The molecule has 8 heteroatoms. The maximum atomic E-state index is 10.2. The summed E-state index contributed by atoms with van der Waals surface area (Å²) in [6, 6.07) is 3.57. The number of nitrogens with zero attached hydrogens (tertiary/aromatic N) is 3. The molecule has 2 rings (SSSR count). The Morgan fingerprint density at radius 2 is 1.83 bits per heavy atom. The van der Waals surface area contributed by atoms with E-state index in [9.17, 15) is 10.1 Å². The number of aromatic nitrogens is 2. The number of hydrogen-bond acceptors (Lipinski definition) is 7. The lowest BCUT2D eigenvalue weighted by Gasteiger charge is -2.38. The molecule has 0 bridgehead atoms. The van der Waals surface area contributed by atoms with Gasteiger partial charge in [-0.3, -0.25) is 4.90 Å². The highest BCUT2D eigenvalue weighted by Crippen LogP contribution is 2.25. The maximum absolute atomic E-state index is 10.2. The predicted molar refractivity (Wildman–Crippen MR) is 87.9 cm³/mol. The molecule has 2 aromatic heterocycles. The van der Waals surface area contributed by atoms with Gasteiger partial charge in [-0.15, -0.1) is 0 Å². The molecule has 0 saturated heterocycles. The van der Waals surface area contributed by atoms with E-state index in [4.69, 9.17) is 9.07 Å². The first kappa shape index (κ1) is 17.5. The number of aliphatic hydroxyl groups is 1. The first-order valence-corrected chi connectivity index (χ1v) is 7.29. The molecule has 0 amide bonds. The second kappa shape index (κ2) is 6.31. The van der Waals surface area contributed by atoms with E-state index in [1.165, 1.54) is 12.4 Å². The van der Waals surface area contributed by atoms with Gasteiger partial charge in [-0.1, -0.05) is 0 Å². The van der Waals surface area contributed by atoms with Crippen LogP contribution in [0.4, 0.5) is 11.8 Å². The molecular weight excluding hydrogens is 297 g/mol. The summed E-state index contributed by atoms with van der Waals surface area (Å²) in [4.78, 5) is 10.1. The summed E-state index contributed by atoms with van der Waals surface area (Å²) in [6.45, 7) is 6.65. The van der Waals surface area contributed by atoms with Gasteiger partial charge < -0.3 is 19.2 Å². The number of furan rings is 1. The molecule has 0 unspecified atom stereocenters. The van der Waals surface area contributed by atoms with Gasteiger partial charge in [0.05, 0.1) is 17.5 Å². The normalized spacial score (nSPS) is 12.3. The summed E-state index contributed by atoms with van der Waals surface area (Å²) in [6.07, 6.45) is 4.52. The molecule has 0 aliphatic carbocycles. The first-order valence-electron chi connectivity index (χ1n) is 7.29. The molecule has 0 atom stereocenters. The highest BCUT2D eigenvalue weighted by molar-refractivity contribution is 6.59. The van der Waals surface area contributed by atoms with E-state index in [1.807, 2.05) is 0 Å². The largest absolute Gasteiger partial charge is 0.494 e. The van der Waals surface area contributed by atoms with Crippen LogP contribution >= 0.6 is 0 Å². The third kappa shape index (κ3) is 3.90. The highest BCUT2D eigenvalue weighted by atomic mass is 16.5. The van der Waals surface area contributed by atoms with Crippen LogP contribution < -0.4 is 10.4 Å². The molecule has 124 valence electrons. The van der Waals surface area contributed by atoms with Crippen LogP contribution in [-0.4, -0.2) is 45.5 Å². The van der Waals surface area contributed by atoms with Crippen molar-refractivity contribution in [3.05, 3.63) is 30.8 Å². The maximum Gasteiger partial charge on any atom is 0.494 e. The quantitative estimate of drug-likeness (QED) is 0.770. The average molecular weight is 319 g/mol. The standard InChI is InChI=1S/C15H22BN3O4/c1-14(2,20)15(3,4)23-16(21)11-9-17-13(18-10-11)19(5)12-7-6-8-22-12/h6-10,20-21H,1-5H3. The molecule has 0 aliphatic rings. The fourth-order valence-corrected chi connectivity index (χ4v) is 1.68. The summed E-state index contributed by atoms with van der Waals surface area (Å²) in [7, 11) is 0.539. The Bertz CT molecular complexity index is 623. The number of rotatable bonds is 6. The van der Waals surface area contributed by atoms with Gasteiger partial charge in [-0.25, -0.2) is 9.97 Å². The zero-order valence-corrected chi connectivity index (χ0v) is 14.0. The zero-order valence-electron chi connectivity index (χ0n) is 14.0. The first-order chi connectivity index (χ1) is 10.6. The van der Waals surface area contributed by atoms with Crippen molar-refractivity contribution in [1.29, 1.82) is 0 Å². The van der Waals surface area contributed by atoms with Crippen LogP contribution in [0.5, 0.6) is 0 Å². The van der Waals surface area contributed by atoms with Gasteiger partial charge in [0.25, 0.3) is 0 Å². The Morgan fingerprint density at radius 1 is 1.22 bits per heavy atom. The summed E-state index contributed by atoms with van der Waals surface area (Å²) < 4.78 is 10.8. The van der Waals surface area contributed by atoms with E-state index in [0.29, 0.717) is 17.3 Å². The average Bonchev–Trinajstić information content (AvgIpc) is 2.99. The Morgan fingerprint density at radius 3 is 2.30 bits per heavy atom. The van der Waals surface area contributed by atoms with E-state index in [0.717, 1.165) is 0 Å². The van der Waals surface area contributed by atoms with E-state index in [2.05, 4.69) is 9.97 Å². The Kier molecular flexibility index (Phi) is 4.79. The lowest BCUT2D eigenvalue weighted by atomic mass is 9.78. The minimum absolute atomic E-state index is 0.402. The molecule has 2 N–H and O–H groups in total. The van der Waals surface area contributed by atoms with Crippen molar-refractivity contribution in [1.82, 2.24) is 9.97 Å². The van der Waals surface area contributed by atoms with Crippen molar-refractivity contribution in [3.63, 3.8) is 0 Å². The highest BCUT2D eigenvalue weighted by Gasteiger charge is 2.39. The molecule has 0 fully saturated rings. The molecule has 2 heterocycles. The van der Waals surface area contributed by atoms with E-state index in [1.54, 1.807) is 58.0 Å². The number of hydrogen-bond donors (Lipinski definition) is 2. The third-order valence-electron chi connectivity index (χ3n) is 3.96. The van der Waals surface area contributed by atoms with Crippen molar-refractivity contribution in [2.75, 3.05) is 11.9 Å². The van der Waals surface area contributed by atoms with Gasteiger partial charge >= 0.3 is 7.12 Å². The lowest BCUT2D eigenvalue weighted by molar-refractivity contribution is -0.0982. The van der Waals surface area contributed by atoms with Crippen LogP contribution in [0.1, 0.15) is 27.7 Å². The van der Waals surface area contributed by atoms with Crippen molar-refractivity contribution >= 4 is 24.4 Å². The fourth-order valence-electron chi connectivity index (χ4n) is 1.68. The molecular formula is C15H22BN3O4. The Hall–Kier alpha value is -1.90. The van der Waals surface area contributed by atoms with E-state index >= 15 is 0 Å². The van der Waals surface area contributed by atoms with E-state index < -0.39 is 18.3 Å². The van der Waals surface area contributed by atoms with E-state index in [-0.39, 0.29) is 0 Å². The van der Waals surface area contributed by atoms with Crippen molar-refractivity contribution in [3.8, 4) is 0 Å². The summed E-state index contributed by atoms with van der Waals surface area (Å²) in [5, 5.41) is 20.3. The molecule has 0 saturated carbocycles. The van der Waals surface area contributed by atoms with Gasteiger partial charge in [-0.05, 0) is 33.8 Å². The molecule has 23 heavy (non-hydrogen) atoms. The number of anilines is 2. The Balaban J connectivity index is 2.10. The fraction of sp³-hybridized carbons (Fsp3) is 0.467. The minimum atomic E-state index is -1.24. The molecule has 0 radical (unpaired) electrons. The van der Waals surface area contributed by atoms with Gasteiger partial charge in [0.1, 0.15) is 0 Å². The van der Waals surface area contributed by atoms with Crippen molar-refractivity contribution < 1.29 is 19.2 Å². The van der Waals surface area contributed by atoms with Crippen molar-refractivity contribution in [2.45, 2.75) is 38.9 Å².